The maximum absolute atomic E-state index is 7.56. The van der Waals surface area contributed by atoms with Crippen LogP contribution in [-0.4, -0.2) is 0 Å². The lowest BCUT2D eigenvalue weighted by molar-refractivity contribution is 0.284. The van der Waals surface area contributed by atoms with Gasteiger partial charge < -0.3 is 0 Å². The van der Waals surface area contributed by atoms with Gasteiger partial charge in [-0.25, -0.2) is 0 Å². The molecule has 0 heteroatoms. The molecule has 0 amide bonds. The van der Waals surface area contributed by atoms with Crippen molar-refractivity contribution in [2.45, 2.75) is 45.9 Å². The quantitative estimate of drug-likeness (QED) is 0.508. The van der Waals surface area contributed by atoms with E-state index in [1.165, 1.54) is 12.8 Å². The van der Waals surface area contributed by atoms with Gasteiger partial charge in [0, 0.05) is 2.74 Å². The molecule has 0 aliphatic heterocycles. The molecule has 0 aromatic rings. The van der Waals surface area contributed by atoms with Crippen LogP contribution in [0.15, 0.2) is 0 Å². The van der Waals surface area contributed by atoms with Crippen molar-refractivity contribution in [2.24, 2.45) is 11.8 Å². The van der Waals surface area contributed by atoms with E-state index in [0.717, 1.165) is 18.8 Å². The number of hydrogen-bond donors (Lipinski definition) is 0. The molecule has 54 valence electrons. The zero-order valence-corrected chi connectivity index (χ0v) is 6.48. The normalized spacial score (nSPS) is 41.6. The Labute approximate surface area is 61.5 Å². The molecule has 0 atom stereocenters. The van der Waals surface area contributed by atoms with Gasteiger partial charge in [-0.15, -0.1) is 0 Å². The maximum atomic E-state index is 7.56. The molecular weight excluding hydrogens is 108 g/mol. The maximum Gasteiger partial charge on any atom is 0.0267 e. The van der Waals surface area contributed by atoms with Crippen LogP contribution in [0.3, 0.4) is 0 Å². The largest absolute Gasteiger partial charge is 0.0651 e. The van der Waals surface area contributed by atoms with E-state index < -0.39 is 6.37 Å². The lowest BCUT2D eigenvalue weighted by atomic mass is 9.82. The molecule has 0 N–H and O–H groups in total. The van der Waals surface area contributed by atoms with Gasteiger partial charge in [-0.3, -0.25) is 0 Å². The summed E-state index contributed by atoms with van der Waals surface area (Å²) in [5.41, 5.74) is 0. The number of rotatable bonds is 1. The highest BCUT2D eigenvalue weighted by Gasteiger charge is 2.15. The first kappa shape index (κ1) is 4.76. The second-order valence-corrected chi connectivity index (χ2v) is 3.25. The molecule has 9 heavy (non-hydrogen) atoms. The van der Waals surface area contributed by atoms with E-state index in [1.807, 2.05) is 0 Å². The zero-order chi connectivity index (χ0) is 8.48. The van der Waals surface area contributed by atoms with Crippen LogP contribution in [0, 0.1) is 11.8 Å². The first-order chi connectivity index (χ1) is 5.00. The standard InChI is InChI=1S/C9H18/c1-3-9-6-4-8(2)5-7-9/h8-9H,3-7H2,1-2H3/i3D2. The summed E-state index contributed by atoms with van der Waals surface area (Å²) in [4.78, 5) is 0. The van der Waals surface area contributed by atoms with Gasteiger partial charge >= 0.3 is 0 Å². The minimum atomic E-state index is -0.944. The Bertz CT molecular complexity index is 118. The third kappa shape index (κ3) is 2.00. The highest BCUT2D eigenvalue weighted by molar-refractivity contribution is 4.68. The van der Waals surface area contributed by atoms with Gasteiger partial charge in [0.25, 0.3) is 0 Å². The molecule has 0 saturated heterocycles. The van der Waals surface area contributed by atoms with Crippen molar-refractivity contribution in [2.75, 3.05) is 0 Å². The summed E-state index contributed by atoms with van der Waals surface area (Å²) < 4.78 is 15.1. The molecule has 1 rings (SSSR count). The summed E-state index contributed by atoms with van der Waals surface area (Å²) >= 11 is 0. The van der Waals surface area contributed by atoms with E-state index in [9.17, 15) is 0 Å². The predicted molar refractivity (Wildman–Crippen MR) is 41.4 cm³/mol. The van der Waals surface area contributed by atoms with Crippen LogP contribution in [-0.2, 0) is 0 Å². The fraction of sp³-hybridized carbons (Fsp3) is 1.00. The minimum Gasteiger partial charge on any atom is -0.0651 e. The second-order valence-electron chi connectivity index (χ2n) is 3.25. The van der Waals surface area contributed by atoms with Gasteiger partial charge in [-0.1, -0.05) is 45.9 Å². The molecule has 0 spiro atoms. The second kappa shape index (κ2) is 3.24. The molecule has 0 unspecified atom stereocenters. The SMILES string of the molecule is [2H]C([2H])(C)C1CCC(C)CC1. The third-order valence-electron chi connectivity index (χ3n) is 2.42. The van der Waals surface area contributed by atoms with E-state index in [0.29, 0.717) is 5.92 Å². The summed E-state index contributed by atoms with van der Waals surface area (Å²) in [5, 5.41) is 0. The molecule has 0 nitrogen and oxygen atoms in total. The van der Waals surface area contributed by atoms with Crippen molar-refractivity contribution in [1.29, 1.82) is 0 Å². The van der Waals surface area contributed by atoms with Crippen LogP contribution in [0.1, 0.15) is 48.6 Å². The van der Waals surface area contributed by atoms with E-state index in [-0.39, 0.29) is 0 Å². The topological polar surface area (TPSA) is 0 Å². The Morgan fingerprint density at radius 1 is 1.33 bits per heavy atom. The van der Waals surface area contributed by atoms with Crippen LogP contribution in [0.4, 0.5) is 0 Å². The molecule has 0 bridgehead atoms. The predicted octanol–water partition coefficient (Wildman–Crippen LogP) is 3.22. The van der Waals surface area contributed by atoms with Gasteiger partial charge in [0.05, 0.1) is 0 Å². The van der Waals surface area contributed by atoms with Crippen LogP contribution >= 0.6 is 0 Å². The average Bonchev–Trinajstić information content (AvgIpc) is 1.86. The molecule has 0 heterocycles. The molecule has 1 saturated carbocycles. The van der Waals surface area contributed by atoms with E-state index in [1.54, 1.807) is 6.92 Å². The highest BCUT2D eigenvalue weighted by atomic mass is 14.2. The molecular formula is C9H18. The first-order valence-electron chi connectivity index (χ1n) is 5.00. The Kier molecular flexibility index (Phi) is 1.71. The van der Waals surface area contributed by atoms with Gasteiger partial charge in [0.1, 0.15) is 0 Å². The fourth-order valence-electron chi connectivity index (χ4n) is 1.55. The van der Waals surface area contributed by atoms with Crippen LogP contribution in [0.2, 0.25) is 0 Å². The van der Waals surface area contributed by atoms with Gasteiger partial charge in [-0.05, 0) is 11.8 Å². The molecule has 0 radical (unpaired) electrons. The summed E-state index contributed by atoms with van der Waals surface area (Å²) in [6.07, 6.45) is 3.67. The molecule has 0 aromatic carbocycles. The van der Waals surface area contributed by atoms with Crippen LogP contribution < -0.4 is 0 Å². The van der Waals surface area contributed by atoms with Gasteiger partial charge in [0.15, 0.2) is 0 Å². The van der Waals surface area contributed by atoms with Crippen molar-refractivity contribution in [3.05, 3.63) is 0 Å². The summed E-state index contributed by atoms with van der Waals surface area (Å²) in [5.74, 6) is 1.15. The Morgan fingerprint density at radius 3 is 2.33 bits per heavy atom. The van der Waals surface area contributed by atoms with Crippen molar-refractivity contribution >= 4 is 0 Å². The third-order valence-corrected chi connectivity index (χ3v) is 2.42. The van der Waals surface area contributed by atoms with Crippen molar-refractivity contribution in [3.8, 4) is 0 Å². The average molecular weight is 128 g/mol. The Hall–Kier alpha value is 0. The minimum absolute atomic E-state index is 0.318. The molecule has 1 aliphatic rings. The van der Waals surface area contributed by atoms with Crippen LogP contribution in [0.5, 0.6) is 0 Å². The molecule has 1 fully saturated rings. The highest BCUT2D eigenvalue weighted by Crippen LogP contribution is 2.29. The summed E-state index contributed by atoms with van der Waals surface area (Å²) in [6, 6.07) is 0. The molecule has 1 aliphatic carbocycles. The lowest BCUT2D eigenvalue weighted by Crippen LogP contribution is -2.10. The first-order valence-corrected chi connectivity index (χ1v) is 4.00. The van der Waals surface area contributed by atoms with Gasteiger partial charge in [-0.2, -0.15) is 0 Å². The van der Waals surface area contributed by atoms with Gasteiger partial charge in [0.2, 0.25) is 0 Å². The lowest BCUT2D eigenvalue weighted by Gasteiger charge is -2.24. The summed E-state index contributed by atoms with van der Waals surface area (Å²) in [6.45, 7) is 3.98. The Morgan fingerprint density at radius 2 is 1.89 bits per heavy atom. The summed E-state index contributed by atoms with van der Waals surface area (Å²) in [7, 11) is 0. The smallest absolute Gasteiger partial charge is 0.0267 e. The van der Waals surface area contributed by atoms with E-state index in [2.05, 4.69) is 6.92 Å². The Balaban J connectivity index is 2.39. The van der Waals surface area contributed by atoms with Crippen molar-refractivity contribution < 1.29 is 2.74 Å². The number of hydrogen-bond acceptors (Lipinski definition) is 0. The van der Waals surface area contributed by atoms with Crippen molar-refractivity contribution in [1.82, 2.24) is 0 Å². The van der Waals surface area contributed by atoms with E-state index >= 15 is 0 Å². The van der Waals surface area contributed by atoms with Crippen LogP contribution in [0.25, 0.3) is 0 Å². The zero-order valence-electron chi connectivity index (χ0n) is 8.48. The monoisotopic (exact) mass is 128 g/mol. The fourth-order valence-corrected chi connectivity index (χ4v) is 1.55. The van der Waals surface area contributed by atoms with Crippen molar-refractivity contribution in [3.63, 3.8) is 0 Å². The van der Waals surface area contributed by atoms with E-state index in [4.69, 9.17) is 2.74 Å². The molecule has 0 aromatic heterocycles.